The molecule has 0 aliphatic carbocycles. The molecule has 0 bridgehead atoms. The smallest absolute Gasteiger partial charge is 0.287 e. The number of rotatable bonds is 8. The molecule has 0 radical (unpaired) electrons. The molecule has 0 atom stereocenters. The molecule has 0 unspecified atom stereocenters. The number of unbranched alkanes of at least 4 members (excludes halogenated alkanes) is 3. The lowest BCUT2D eigenvalue weighted by Gasteiger charge is -2.04. The zero-order chi connectivity index (χ0) is 12.5. The van der Waals surface area contributed by atoms with Gasteiger partial charge in [0.25, 0.3) is 5.69 Å². The van der Waals surface area contributed by atoms with E-state index in [0.29, 0.717) is 5.82 Å². The maximum atomic E-state index is 10.4. The zero-order valence-electron chi connectivity index (χ0n) is 9.63. The molecule has 17 heavy (non-hydrogen) atoms. The topological polar surface area (TPSA) is 88.3 Å². The van der Waals surface area contributed by atoms with E-state index in [2.05, 4.69) is 10.3 Å². The third-order valence-electron chi connectivity index (χ3n) is 2.35. The molecule has 0 fully saturated rings. The summed E-state index contributed by atoms with van der Waals surface area (Å²) < 4.78 is 0. The molecule has 6 nitrogen and oxygen atoms in total. The van der Waals surface area contributed by atoms with E-state index in [1.54, 1.807) is 6.07 Å². The van der Waals surface area contributed by atoms with Crippen molar-refractivity contribution in [3.8, 4) is 0 Å². The first-order valence-electron chi connectivity index (χ1n) is 5.69. The fourth-order valence-electron chi connectivity index (χ4n) is 1.41. The van der Waals surface area contributed by atoms with E-state index in [-0.39, 0.29) is 12.3 Å². The fourth-order valence-corrected chi connectivity index (χ4v) is 1.41. The second-order valence-electron chi connectivity index (χ2n) is 3.72. The summed E-state index contributed by atoms with van der Waals surface area (Å²) in [5, 5.41) is 22.1. The number of anilines is 1. The van der Waals surface area contributed by atoms with E-state index < -0.39 is 4.92 Å². The van der Waals surface area contributed by atoms with Crippen LogP contribution in [0.3, 0.4) is 0 Å². The maximum Gasteiger partial charge on any atom is 0.287 e. The number of nitro groups is 1. The molecule has 2 N–H and O–H groups in total. The summed E-state index contributed by atoms with van der Waals surface area (Å²) in [5.41, 5.74) is -0.00139. The van der Waals surface area contributed by atoms with Crippen LogP contribution in [-0.4, -0.2) is 28.2 Å². The lowest BCUT2D eigenvalue weighted by Crippen LogP contribution is -2.03. The highest BCUT2D eigenvalue weighted by Gasteiger charge is 2.04. The Balaban J connectivity index is 2.21. The van der Waals surface area contributed by atoms with E-state index in [1.807, 2.05) is 0 Å². The molecule has 0 aliphatic rings. The molecule has 6 heteroatoms. The first kappa shape index (κ1) is 13.4. The third-order valence-corrected chi connectivity index (χ3v) is 2.35. The van der Waals surface area contributed by atoms with Gasteiger partial charge in [-0.05, 0) is 18.9 Å². The van der Waals surface area contributed by atoms with E-state index >= 15 is 0 Å². The average molecular weight is 239 g/mol. The van der Waals surface area contributed by atoms with Crippen LogP contribution in [-0.2, 0) is 0 Å². The Hall–Kier alpha value is -1.69. The van der Waals surface area contributed by atoms with Crippen LogP contribution >= 0.6 is 0 Å². The minimum absolute atomic E-state index is 0.00139. The van der Waals surface area contributed by atoms with Gasteiger partial charge in [-0.1, -0.05) is 12.8 Å². The molecule has 0 saturated heterocycles. The van der Waals surface area contributed by atoms with Gasteiger partial charge in [-0.15, -0.1) is 0 Å². The monoisotopic (exact) mass is 239 g/mol. The van der Waals surface area contributed by atoms with Gasteiger partial charge in [-0.25, -0.2) is 4.98 Å². The van der Waals surface area contributed by atoms with E-state index in [1.165, 1.54) is 12.3 Å². The number of aromatic nitrogens is 1. The predicted octanol–water partition coefficient (Wildman–Crippen LogP) is 1.95. The van der Waals surface area contributed by atoms with Crippen molar-refractivity contribution >= 4 is 11.5 Å². The number of pyridine rings is 1. The van der Waals surface area contributed by atoms with Crippen molar-refractivity contribution in [3.63, 3.8) is 0 Å². The van der Waals surface area contributed by atoms with Crippen LogP contribution in [0.4, 0.5) is 11.5 Å². The zero-order valence-corrected chi connectivity index (χ0v) is 9.63. The molecular weight excluding hydrogens is 222 g/mol. The van der Waals surface area contributed by atoms with E-state index in [9.17, 15) is 10.1 Å². The summed E-state index contributed by atoms with van der Waals surface area (Å²) >= 11 is 0. The van der Waals surface area contributed by atoms with Crippen molar-refractivity contribution in [2.75, 3.05) is 18.5 Å². The molecular formula is C11H17N3O3. The second-order valence-corrected chi connectivity index (χ2v) is 3.72. The first-order valence-corrected chi connectivity index (χ1v) is 5.69. The number of hydrogen-bond donors (Lipinski definition) is 2. The SMILES string of the molecule is O=[N+]([O-])c1ccc(NCCCCCCO)nc1. The molecule has 0 spiro atoms. The van der Waals surface area contributed by atoms with Crippen LogP contribution in [0.2, 0.25) is 0 Å². The number of nitrogens with zero attached hydrogens (tertiary/aromatic N) is 2. The Morgan fingerprint density at radius 1 is 1.29 bits per heavy atom. The summed E-state index contributed by atoms with van der Waals surface area (Å²) in [6.07, 6.45) is 5.16. The standard InChI is InChI=1S/C11H17N3O3/c15-8-4-2-1-3-7-12-11-6-5-10(9-13-11)14(16)17/h5-6,9,15H,1-4,7-8H2,(H,12,13). The van der Waals surface area contributed by atoms with Crippen LogP contribution in [0.25, 0.3) is 0 Å². The Morgan fingerprint density at radius 3 is 2.65 bits per heavy atom. The van der Waals surface area contributed by atoms with Crippen molar-refractivity contribution in [3.05, 3.63) is 28.4 Å². The van der Waals surface area contributed by atoms with Crippen LogP contribution < -0.4 is 5.32 Å². The second kappa shape index (κ2) is 7.56. The molecule has 1 rings (SSSR count). The number of nitrogens with one attached hydrogen (secondary N) is 1. The van der Waals surface area contributed by atoms with Gasteiger partial charge in [0.05, 0.1) is 4.92 Å². The Kier molecular flexibility index (Phi) is 5.95. The average Bonchev–Trinajstić information content (AvgIpc) is 2.34. The van der Waals surface area contributed by atoms with Gasteiger partial charge in [0.1, 0.15) is 12.0 Å². The Labute approximate surface area is 99.8 Å². The van der Waals surface area contributed by atoms with Gasteiger partial charge < -0.3 is 10.4 Å². The maximum absolute atomic E-state index is 10.4. The largest absolute Gasteiger partial charge is 0.396 e. The summed E-state index contributed by atoms with van der Waals surface area (Å²) in [7, 11) is 0. The number of aliphatic hydroxyl groups excluding tert-OH is 1. The van der Waals surface area contributed by atoms with Crippen molar-refractivity contribution in [1.82, 2.24) is 4.98 Å². The van der Waals surface area contributed by atoms with Gasteiger partial charge in [-0.2, -0.15) is 0 Å². The van der Waals surface area contributed by atoms with Gasteiger partial charge in [0.2, 0.25) is 0 Å². The van der Waals surface area contributed by atoms with Crippen LogP contribution in [0.5, 0.6) is 0 Å². The molecule has 1 heterocycles. The Morgan fingerprint density at radius 2 is 2.06 bits per heavy atom. The highest BCUT2D eigenvalue weighted by Crippen LogP contribution is 2.11. The molecule has 94 valence electrons. The summed E-state index contributed by atoms with van der Waals surface area (Å²) in [5.74, 6) is 0.651. The van der Waals surface area contributed by atoms with Crippen LogP contribution in [0, 0.1) is 10.1 Å². The fraction of sp³-hybridized carbons (Fsp3) is 0.545. The van der Waals surface area contributed by atoms with Gasteiger partial charge >= 0.3 is 0 Å². The molecule has 1 aromatic rings. The van der Waals surface area contributed by atoms with Crippen LogP contribution in [0.15, 0.2) is 18.3 Å². The molecule has 0 saturated carbocycles. The molecule has 0 aliphatic heterocycles. The van der Waals surface area contributed by atoms with Crippen LogP contribution in [0.1, 0.15) is 25.7 Å². The highest BCUT2D eigenvalue weighted by atomic mass is 16.6. The van der Waals surface area contributed by atoms with Crippen molar-refractivity contribution in [1.29, 1.82) is 0 Å². The quantitative estimate of drug-likeness (QED) is 0.411. The van der Waals surface area contributed by atoms with Gasteiger partial charge in [0, 0.05) is 19.2 Å². The normalized spacial score (nSPS) is 10.2. The third kappa shape index (κ3) is 5.26. The molecule has 1 aromatic heterocycles. The summed E-state index contributed by atoms with van der Waals surface area (Å²) in [6, 6.07) is 3.03. The van der Waals surface area contributed by atoms with Crippen molar-refractivity contribution in [2.24, 2.45) is 0 Å². The highest BCUT2D eigenvalue weighted by molar-refractivity contribution is 5.39. The van der Waals surface area contributed by atoms with Crippen molar-refractivity contribution < 1.29 is 10.0 Å². The number of aliphatic hydroxyl groups is 1. The number of hydrogen-bond acceptors (Lipinski definition) is 5. The van der Waals surface area contributed by atoms with E-state index in [0.717, 1.165) is 32.2 Å². The lowest BCUT2D eigenvalue weighted by atomic mass is 10.2. The summed E-state index contributed by atoms with van der Waals surface area (Å²) in [4.78, 5) is 13.9. The van der Waals surface area contributed by atoms with Gasteiger partial charge in [0.15, 0.2) is 0 Å². The van der Waals surface area contributed by atoms with Gasteiger partial charge in [-0.3, -0.25) is 10.1 Å². The predicted molar refractivity (Wildman–Crippen MR) is 64.9 cm³/mol. The molecule has 0 amide bonds. The Bertz CT molecular complexity index is 340. The minimum atomic E-state index is -0.467. The minimum Gasteiger partial charge on any atom is -0.396 e. The molecule has 0 aromatic carbocycles. The van der Waals surface area contributed by atoms with Crippen molar-refractivity contribution in [2.45, 2.75) is 25.7 Å². The summed E-state index contributed by atoms with van der Waals surface area (Å²) in [6.45, 7) is 1.04. The van der Waals surface area contributed by atoms with E-state index in [4.69, 9.17) is 5.11 Å². The first-order chi connectivity index (χ1) is 8.24. The lowest BCUT2D eigenvalue weighted by molar-refractivity contribution is -0.385.